The average molecular weight is 485 g/mol. The number of nitrogens with one attached hydrogen (secondary N) is 1. The van der Waals surface area contributed by atoms with Crippen LogP contribution < -0.4 is 14.9 Å². The molecular formula is C27H23N3O6. The molecule has 1 amide bonds. The molecule has 0 atom stereocenters. The van der Waals surface area contributed by atoms with E-state index in [0.717, 1.165) is 11.1 Å². The Morgan fingerprint density at radius 1 is 1.17 bits per heavy atom. The highest BCUT2D eigenvalue weighted by Gasteiger charge is 2.15. The molecule has 0 saturated carbocycles. The van der Waals surface area contributed by atoms with Gasteiger partial charge in [-0.25, -0.2) is 5.43 Å². The molecular weight excluding hydrogens is 462 g/mol. The highest BCUT2D eigenvalue weighted by atomic mass is 16.6. The lowest BCUT2D eigenvalue weighted by atomic mass is 10.1. The minimum absolute atomic E-state index is 0.0164. The van der Waals surface area contributed by atoms with Crippen molar-refractivity contribution < 1.29 is 23.6 Å². The number of hydrogen-bond donors (Lipinski definition) is 1. The minimum atomic E-state index is -0.591. The second kappa shape index (κ2) is 11.0. The summed E-state index contributed by atoms with van der Waals surface area (Å²) in [6.07, 6.45) is 3.78. The van der Waals surface area contributed by atoms with Gasteiger partial charge >= 0.3 is 5.91 Å². The van der Waals surface area contributed by atoms with Gasteiger partial charge in [-0.2, -0.15) is 5.10 Å². The fraction of sp³-hybridized carbons (Fsp3) is 0.111. The Labute approximate surface area is 206 Å². The van der Waals surface area contributed by atoms with Crippen molar-refractivity contribution in [3.05, 3.63) is 112 Å². The van der Waals surface area contributed by atoms with Gasteiger partial charge in [-0.3, -0.25) is 14.9 Å². The van der Waals surface area contributed by atoms with Crippen LogP contribution in [0.25, 0.3) is 11.0 Å². The van der Waals surface area contributed by atoms with Crippen LogP contribution in [0.15, 0.2) is 88.9 Å². The third-order valence-corrected chi connectivity index (χ3v) is 5.28. The van der Waals surface area contributed by atoms with Crippen LogP contribution in [0.3, 0.4) is 0 Å². The van der Waals surface area contributed by atoms with Gasteiger partial charge in [0.15, 0.2) is 17.3 Å². The molecule has 3 aromatic carbocycles. The van der Waals surface area contributed by atoms with E-state index < -0.39 is 10.8 Å². The topological polar surface area (TPSA) is 116 Å². The number of carbonyl (C=O) groups excluding carboxylic acids is 1. The lowest BCUT2D eigenvalue weighted by Crippen LogP contribution is -2.16. The van der Waals surface area contributed by atoms with E-state index in [1.54, 1.807) is 19.3 Å². The Balaban J connectivity index is 1.50. The molecule has 0 spiro atoms. The first-order chi connectivity index (χ1) is 17.5. The molecule has 0 fully saturated rings. The number of hydrazone groups is 1. The van der Waals surface area contributed by atoms with E-state index in [0.29, 0.717) is 41.1 Å². The maximum atomic E-state index is 12.5. The van der Waals surface area contributed by atoms with E-state index in [-0.39, 0.29) is 11.4 Å². The van der Waals surface area contributed by atoms with Crippen molar-refractivity contribution >= 4 is 28.8 Å². The molecule has 9 nitrogen and oxygen atoms in total. The number of allylic oxidation sites excluding steroid dienone is 1. The minimum Gasteiger partial charge on any atom is -0.493 e. The molecule has 1 heterocycles. The largest absolute Gasteiger partial charge is 0.493 e. The smallest absolute Gasteiger partial charge is 0.307 e. The fourth-order valence-electron chi connectivity index (χ4n) is 3.59. The molecule has 182 valence electrons. The molecule has 0 aliphatic rings. The number of fused-ring (bicyclic) bond motifs is 1. The fourth-order valence-corrected chi connectivity index (χ4v) is 3.59. The molecule has 1 N–H and O–H groups in total. The van der Waals surface area contributed by atoms with Gasteiger partial charge in [0.1, 0.15) is 12.2 Å². The van der Waals surface area contributed by atoms with Gasteiger partial charge in [0.05, 0.1) is 18.2 Å². The van der Waals surface area contributed by atoms with Crippen LogP contribution in [0.4, 0.5) is 5.69 Å². The first-order valence-corrected chi connectivity index (χ1v) is 11.0. The first kappa shape index (κ1) is 24.2. The van der Waals surface area contributed by atoms with E-state index in [2.05, 4.69) is 17.1 Å². The number of furan rings is 1. The Bertz CT molecular complexity index is 1440. The molecule has 0 aliphatic carbocycles. The zero-order valence-electron chi connectivity index (χ0n) is 19.5. The Morgan fingerprint density at radius 2 is 1.97 bits per heavy atom. The van der Waals surface area contributed by atoms with Crippen molar-refractivity contribution in [2.75, 3.05) is 7.11 Å². The van der Waals surface area contributed by atoms with Crippen LogP contribution in [0.1, 0.15) is 27.2 Å². The number of methoxy groups -OCH3 is 1. The average Bonchev–Trinajstić information content (AvgIpc) is 3.32. The van der Waals surface area contributed by atoms with E-state index in [1.165, 1.54) is 30.5 Å². The van der Waals surface area contributed by atoms with E-state index >= 15 is 0 Å². The lowest BCUT2D eigenvalue weighted by molar-refractivity contribution is -0.384. The molecule has 0 radical (unpaired) electrons. The summed E-state index contributed by atoms with van der Waals surface area (Å²) in [7, 11) is 1.55. The number of nitrogens with zero attached hydrogens (tertiary/aromatic N) is 2. The van der Waals surface area contributed by atoms with Crippen LogP contribution in [0, 0.1) is 10.1 Å². The molecule has 1 aromatic heterocycles. The highest BCUT2D eigenvalue weighted by molar-refractivity contribution is 5.97. The monoisotopic (exact) mass is 485 g/mol. The quantitative estimate of drug-likeness (QED) is 0.139. The number of nitro groups is 1. The molecule has 0 aliphatic heterocycles. The zero-order chi connectivity index (χ0) is 25.5. The summed E-state index contributed by atoms with van der Waals surface area (Å²) in [5.41, 5.74) is 5.23. The van der Waals surface area contributed by atoms with Gasteiger partial charge in [-0.15, -0.1) is 6.58 Å². The third kappa shape index (κ3) is 5.58. The van der Waals surface area contributed by atoms with Crippen LogP contribution in [-0.2, 0) is 13.0 Å². The Kier molecular flexibility index (Phi) is 7.40. The molecule has 36 heavy (non-hydrogen) atoms. The second-order valence-electron chi connectivity index (χ2n) is 7.77. The number of ether oxygens (including phenoxy) is 2. The van der Waals surface area contributed by atoms with Gasteiger partial charge < -0.3 is 13.9 Å². The van der Waals surface area contributed by atoms with E-state index in [1.807, 2.05) is 36.4 Å². The molecule has 4 aromatic rings. The van der Waals surface area contributed by atoms with Crippen molar-refractivity contribution in [1.29, 1.82) is 0 Å². The van der Waals surface area contributed by atoms with E-state index in [9.17, 15) is 14.9 Å². The summed E-state index contributed by atoms with van der Waals surface area (Å²) in [5.74, 6) is 0.527. The van der Waals surface area contributed by atoms with Gasteiger partial charge in [-0.1, -0.05) is 36.4 Å². The van der Waals surface area contributed by atoms with Crippen molar-refractivity contribution in [1.82, 2.24) is 5.43 Å². The van der Waals surface area contributed by atoms with Gasteiger partial charge in [-0.05, 0) is 41.8 Å². The number of hydrogen-bond acceptors (Lipinski definition) is 7. The zero-order valence-corrected chi connectivity index (χ0v) is 19.5. The predicted molar refractivity (Wildman–Crippen MR) is 136 cm³/mol. The number of nitro benzene ring substituents is 1. The molecule has 0 unspecified atom stereocenters. The summed E-state index contributed by atoms with van der Waals surface area (Å²) in [5, 5.41) is 15.4. The normalized spacial score (nSPS) is 10.9. The first-order valence-electron chi connectivity index (χ1n) is 11.0. The molecule has 9 heteroatoms. The predicted octanol–water partition coefficient (Wildman–Crippen LogP) is 5.42. The van der Waals surface area contributed by atoms with Crippen molar-refractivity contribution in [2.24, 2.45) is 5.10 Å². The Morgan fingerprint density at radius 3 is 2.69 bits per heavy atom. The van der Waals surface area contributed by atoms with Gasteiger partial charge in [0, 0.05) is 23.1 Å². The van der Waals surface area contributed by atoms with Crippen molar-refractivity contribution in [2.45, 2.75) is 13.0 Å². The highest BCUT2D eigenvalue weighted by Crippen LogP contribution is 2.34. The third-order valence-electron chi connectivity index (χ3n) is 5.28. The molecule has 4 rings (SSSR count). The SMILES string of the molecule is C=CCc1cc(/C=N/NC(=O)c2cc3cc([N+](=O)[O-])ccc3o2)cc(OC)c1OCc1ccccc1. The number of benzene rings is 3. The second-order valence-corrected chi connectivity index (χ2v) is 7.77. The molecule has 0 bridgehead atoms. The van der Waals surface area contributed by atoms with Crippen LogP contribution >= 0.6 is 0 Å². The maximum absolute atomic E-state index is 12.5. The summed E-state index contributed by atoms with van der Waals surface area (Å²) in [6, 6.07) is 19.0. The summed E-state index contributed by atoms with van der Waals surface area (Å²) >= 11 is 0. The summed E-state index contributed by atoms with van der Waals surface area (Å²) < 4.78 is 17.1. The van der Waals surface area contributed by atoms with Crippen LogP contribution in [0.2, 0.25) is 0 Å². The summed E-state index contributed by atoms with van der Waals surface area (Å²) in [6.45, 7) is 4.20. The standard InChI is InChI=1S/C27H23N3O6/c1-3-7-20-12-19(13-24(34-2)26(20)35-17-18-8-5-4-6-9-18)16-28-29-27(31)25-15-21-14-22(30(32)33)10-11-23(21)36-25/h3-6,8-16H,1,7,17H2,2H3,(H,29,31)/b28-16+. The van der Waals surface area contributed by atoms with E-state index in [4.69, 9.17) is 13.9 Å². The maximum Gasteiger partial charge on any atom is 0.307 e. The van der Waals surface area contributed by atoms with Crippen LogP contribution in [-0.4, -0.2) is 24.2 Å². The number of carbonyl (C=O) groups is 1. The lowest BCUT2D eigenvalue weighted by Gasteiger charge is -2.15. The van der Waals surface area contributed by atoms with Gasteiger partial charge in [0.25, 0.3) is 5.69 Å². The number of amides is 1. The van der Waals surface area contributed by atoms with Crippen LogP contribution in [0.5, 0.6) is 11.5 Å². The van der Waals surface area contributed by atoms with Crippen molar-refractivity contribution in [3.63, 3.8) is 0 Å². The Hall–Kier alpha value is -4.92. The van der Waals surface area contributed by atoms with Crippen molar-refractivity contribution in [3.8, 4) is 11.5 Å². The molecule has 0 saturated heterocycles. The summed E-state index contributed by atoms with van der Waals surface area (Å²) in [4.78, 5) is 22.9. The van der Waals surface area contributed by atoms with Gasteiger partial charge in [0.2, 0.25) is 0 Å². The number of rotatable bonds is 10. The number of non-ortho nitro benzene ring substituents is 1.